The molecule has 2 aliphatic heterocycles. The van der Waals surface area contributed by atoms with Gasteiger partial charge in [0.2, 0.25) is 0 Å². The van der Waals surface area contributed by atoms with E-state index in [0.29, 0.717) is 0 Å². The van der Waals surface area contributed by atoms with E-state index in [0.717, 1.165) is 5.56 Å². The molecular weight excluding hydrogens is 306 g/mol. The molecule has 2 aliphatic rings. The van der Waals surface area contributed by atoms with E-state index < -0.39 is 42.7 Å². The molecule has 9 nitrogen and oxygen atoms in total. The highest BCUT2D eigenvalue weighted by Gasteiger charge is 2.51. The maximum absolute atomic E-state index is 11.2. The Morgan fingerprint density at radius 2 is 2.04 bits per heavy atom. The Kier molecular flexibility index (Phi) is 4.46. The number of carboxylic acid groups (broad SMARTS) is 1. The zero-order valence-electron chi connectivity index (χ0n) is 11.9. The lowest BCUT2D eigenvalue weighted by atomic mass is 9.92. The number of azide groups is 1. The van der Waals surface area contributed by atoms with Gasteiger partial charge in [-0.15, -0.1) is 0 Å². The smallest absolute Gasteiger partial charge is 0.335 e. The lowest BCUT2D eigenvalue weighted by Gasteiger charge is -2.45. The van der Waals surface area contributed by atoms with Crippen molar-refractivity contribution >= 4 is 5.97 Å². The number of carbonyl (C=O) groups is 1. The first-order valence-corrected chi connectivity index (χ1v) is 7.04. The van der Waals surface area contributed by atoms with Crippen LogP contribution < -0.4 is 0 Å². The number of fused-ring (bicyclic) bond motifs is 1. The third kappa shape index (κ3) is 3.00. The molecule has 1 aromatic carbocycles. The highest BCUT2D eigenvalue weighted by molar-refractivity contribution is 5.73. The average Bonchev–Trinajstić information content (AvgIpc) is 2.57. The summed E-state index contributed by atoms with van der Waals surface area (Å²) in [4.78, 5) is 13.9. The molecule has 1 aromatic rings. The first-order valence-electron chi connectivity index (χ1n) is 7.04. The Morgan fingerprint density at radius 3 is 2.70 bits per heavy atom. The largest absolute Gasteiger partial charge is 0.479 e. The van der Waals surface area contributed by atoms with Crippen molar-refractivity contribution in [3.8, 4) is 0 Å². The molecule has 2 N–H and O–H groups in total. The minimum atomic E-state index is -1.50. The van der Waals surface area contributed by atoms with Crippen molar-refractivity contribution in [1.29, 1.82) is 0 Å². The summed E-state index contributed by atoms with van der Waals surface area (Å²) < 4.78 is 16.7. The van der Waals surface area contributed by atoms with Crippen LogP contribution in [0.3, 0.4) is 0 Å². The topological polar surface area (TPSA) is 134 Å². The van der Waals surface area contributed by atoms with Crippen molar-refractivity contribution in [2.24, 2.45) is 5.11 Å². The standard InChI is InChI=1S/C14H15N3O6/c15-17-16-9-10(18)12(13(19)20)22-8-6-21-14(23-11(8)9)7-4-2-1-3-5-7/h1-5,8-12,14,18H,6H2,(H,19,20)/t8?,9-,10?,11+,12-,14?/m1/s1. The highest BCUT2D eigenvalue weighted by atomic mass is 16.7. The van der Waals surface area contributed by atoms with E-state index in [-0.39, 0.29) is 6.61 Å². The highest BCUT2D eigenvalue weighted by Crippen LogP contribution is 2.35. The van der Waals surface area contributed by atoms with Gasteiger partial charge in [0.05, 0.1) is 12.6 Å². The number of rotatable bonds is 3. The van der Waals surface area contributed by atoms with E-state index in [9.17, 15) is 9.90 Å². The predicted octanol–water partition coefficient (Wildman–Crippen LogP) is 0.992. The quantitative estimate of drug-likeness (QED) is 0.484. The summed E-state index contributed by atoms with van der Waals surface area (Å²) in [6.45, 7) is 0.0676. The normalized spacial score (nSPS) is 36.6. The van der Waals surface area contributed by atoms with Crippen molar-refractivity contribution in [2.45, 2.75) is 36.7 Å². The molecule has 0 aliphatic carbocycles. The lowest BCUT2D eigenvalue weighted by molar-refractivity contribution is -0.304. The Balaban J connectivity index is 1.84. The van der Waals surface area contributed by atoms with Gasteiger partial charge in [0.15, 0.2) is 12.4 Å². The number of aliphatic hydroxyl groups is 1. The molecule has 0 saturated carbocycles. The Bertz CT molecular complexity index is 620. The monoisotopic (exact) mass is 321 g/mol. The Hall–Kier alpha value is -2.16. The van der Waals surface area contributed by atoms with Crippen LogP contribution in [0.5, 0.6) is 0 Å². The minimum absolute atomic E-state index is 0.0676. The van der Waals surface area contributed by atoms with Gasteiger partial charge in [-0.05, 0) is 5.53 Å². The second-order valence-corrected chi connectivity index (χ2v) is 5.30. The number of aliphatic carboxylic acids is 1. The van der Waals surface area contributed by atoms with Gasteiger partial charge in [0, 0.05) is 10.5 Å². The van der Waals surface area contributed by atoms with Gasteiger partial charge in [0.25, 0.3) is 0 Å². The summed E-state index contributed by atoms with van der Waals surface area (Å²) in [6.07, 6.45) is -5.23. The number of hydrogen-bond donors (Lipinski definition) is 2. The Morgan fingerprint density at radius 1 is 1.30 bits per heavy atom. The van der Waals surface area contributed by atoms with Crippen LogP contribution in [-0.2, 0) is 19.0 Å². The van der Waals surface area contributed by atoms with Crippen LogP contribution in [0.2, 0.25) is 0 Å². The molecule has 0 bridgehead atoms. The summed E-state index contributed by atoms with van der Waals surface area (Å²) >= 11 is 0. The van der Waals surface area contributed by atoms with Gasteiger partial charge < -0.3 is 24.4 Å². The van der Waals surface area contributed by atoms with Crippen LogP contribution in [0, 0.1) is 0 Å². The van der Waals surface area contributed by atoms with Crippen molar-refractivity contribution in [3.63, 3.8) is 0 Å². The molecule has 23 heavy (non-hydrogen) atoms. The van der Waals surface area contributed by atoms with Crippen LogP contribution >= 0.6 is 0 Å². The van der Waals surface area contributed by atoms with Crippen molar-refractivity contribution < 1.29 is 29.2 Å². The number of benzene rings is 1. The maximum Gasteiger partial charge on any atom is 0.335 e. The molecule has 2 saturated heterocycles. The second kappa shape index (κ2) is 6.53. The van der Waals surface area contributed by atoms with Gasteiger partial charge in [-0.1, -0.05) is 35.4 Å². The van der Waals surface area contributed by atoms with Crippen LogP contribution in [-0.4, -0.2) is 53.2 Å². The first-order chi connectivity index (χ1) is 11.1. The van der Waals surface area contributed by atoms with Gasteiger partial charge in [0.1, 0.15) is 18.3 Å². The molecule has 9 heteroatoms. The number of hydrogen-bond acceptors (Lipinski definition) is 6. The molecule has 0 aromatic heterocycles. The summed E-state index contributed by atoms with van der Waals surface area (Å²) in [5.74, 6) is -1.33. The van der Waals surface area contributed by atoms with E-state index in [4.69, 9.17) is 24.8 Å². The van der Waals surface area contributed by atoms with Crippen molar-refractivity contribution in [2.75, 3.05) is 6.61 Å². The maximum atomic E-state index is 11.2. The molecule has 0 radical (unpaired) electrons. The lowest BCUT2D eigenvalue weighted by Crippen LogP contribution is -2.62. The fourth-order valence-electron chi connectivity index (χ4n) is 2.79. The molecule has 122 valence electrons. The van der Waals surface area contributed by atoms with Crippen LogP contribution in [0.1, 0.15) is 11.9 Å². The number of nitrogens with zero attached hydrogens (tertiary/aromatic N) is 3. The number of carboxylic acids is 1. The molecule has 3 unspecified atom stereocenters. The first kappa shape index (κ1) is 15.7. The Labute approximate surface area is 131 Å². The molecule has 2 fully saturated rings. The third-order valence-electron chi connectivity index (χ3n) is 3.88. The molecule has 6 atom stereocenters. The van der Waals surface area contributed by atoms with Crippen molar-refractivity contribution in [3.05, 3.63) is 46.3 Å². The van der Waals surface area contributed by atoms with Gasteiger partial charge in [-0.2, -0.15) is 0 Å². The fourth-order valence-corrected chi connectivity index (χ4v) is 2.79. The number of aliphatic hydroxyl groups excluding tert-OH is 1. The number of ether oxygens (including phenoxy) is 3. The van der Waals surface area contributed by atoms with Crippen LogP contribution in [0.15, 0.2) is 35.4 Å². The molecule has 2 heterocycles. The summed E-state index contributed by atoms with van der Waals surface area (Å²) in [5.41, 5.74) is 9.47. The summed E-state index contributed by atoms with van der Waals surface area (Å²) in [5, 5.41) is 22.8. The van der Waals surface area contributed by atoms with E-state index in [1.807, 2.05) is 30.3 Å². The molecule has 0 amide bonds. The third-order valence-corrected chi connectivity index (χ3v) is 3.88. The second-order valence-electron chi connectivity index (χ2n) is 5.30. The predicted molar refractivity (Wildman–Crippen MR) is 75.2 cm³/mol. The zero-order chi connectivity index (χ0) is 16.4. The van der Waals surface area contributed by atoms with Crippen molar-refractivity contribution in [1.82, 2.24) is 0 Å². The molecule has 0 spiro atoms. The van der Waals surface area contributed by atoms with Crippen LogP contribution in [0.25, 0.3) is 10.4 Å². The van der Waals surface area contributed by atoms with E-state index in [2.05, 4.69) is 10.0 Å². The van der Waals surface area contributed by atoms with Gasteiger partial charge in [-0.25, -0.2) is 4.79 Å². The minimum Gasteiger partial charge on any atom is -0.479 e. The summed E-state index contributed by atoms with van der Waals surface area (Å²) in [7, 11) is 0. The van der Waals surface area contributed by atoms with Crippen LogP contribution in [0.4, 0.5) is 0 Å². The molecular formula is C14H15N3O6. The SMILES string of the molecule is [N-]=[N+]=N[C@@H]1C(O)[C@H](C(=O)O)OC2COC(c3ccccc3)O[C@@H]21. The van der Waals surface area contributed by atoms with E-state index in [1.54, 1.807) is 0 Å². The van der Waals surface area contributed by atoms with Gasteiger partial charge in [-0.3, -0.25) is 0 Å². The average molecular weight is 321 g/mol. The molecule has 3 rings (SSSR count). The zero-order valence-corrected chi connectivity index (χ0v) is 11.9. The van der Waals surface area contributed by atoms with E-state index >= 15 is 0 Å². The van der Waals surface area contributed by atoms with Gasteiger partial charge >= 0.3 is 5.97 Å². The van der Waals surface area contributed by atoms with E-state index in [1.165, 1.54) is 0 Å². The summed E-state index contributed by atoms with van der Waals surface area (Å²) in [6, 6.07) is 8.05. The fraction of sp³-hybridized carbons (Fsp3) is 0.500.